The molecule has 0 N–H and O–H groups in total. The fraction of sp³-hybridized carbons (Fsp3) is 0.125. The van der Waals surface area contributed by atoms with Crippen molar-refractivity contribution in [2.75, 3.05) is 0 Å². The fourth-order valence-electron chi connectivity index (χ4n) is 2.59. The first-order valence-electron chi connectivity index (χ1n) is 5.57. The molecule has 0 heteroatoms. The zero-order valence-electron chi connectivity index (χ0n) is 9.51. The van der Waals surface area contributed by atoms with Crippen molar-refractivity contribution >= 4 is 21.9 Å². The third-order valence-corrected chi connectivity index (χ3v) is 3.45. The highest BCUT2D eigenvalue weighted by Crippen LogP contribution is 2.41. The molecule has 0 spiro atoms. The Kier molecular flexibility index (Phi) is 1.81. The Labute approximate surface area is 95.9 Å². The largest absolute Gasteiger partial charge is 0.0949 e. The number of rotatable bonds is 0. The first kappa shape index (κ1) is 9.41. The number of benzene rings is 2. The van der Waals surface area contributed by atoms with E-state index in [1.54, 1.807) is 0 Å². The Morgan fingerprint density at radius 1 is 0.938 bits per heavy atom. The second-order valence-corrected chi connectivity index (χ2v) is 4.54. The molecule has 0 atom stereocenters. The van der Waals surface area contributed by atoms with Gasteiger partial charge in [-0.05, 0) is 52.0 Å². The predicted molar refractivity (Wildman–Crippen MR) is 71.4 cm³/mol. The Morgan fingerprint density at radius 3 is 2.38 bits per heavy atom. The van der Waals surface area contributed by atoms with Crippen LogP contribution in [0.5, 0.6) is 0 Å². The molecule has 0 saturated heterocycles. The zero-order valence-corrected chi connectivity index (χ0v) is 9.51. The molecule has 1 aliphatic rings. The quantitative estimate of drug-likeness (QED) is 0.592. The molecular formula is C16H14. The Bertz CT molecular complexity index is 610. The molecule has 0 bridgehead atoms. The molecule has 0 aromatic heterocycles. The van der Waals surface area contributed by atoms with Crippen LogP contribution in [0, 0.1) is 6.92 Å². The molecule has 0 heterocycles. The van der Waals surface area contributed by atoms with E-state index in [-0.39, 0.29) is 0 Å². The third kappa shape index (κ3) is 1.10. The number of hydrogen-bond donors (Lipinski definition) is 0. The minimum Gasteiger partial charge on any atom is -0.0949 e. The van der Waals surface area contributed by atoms with Gasteiger partial charge in [0.2, 0.25) is 0 Å². The van der Waals surface area contributed by atoms with Crippen molar-refractivity contribution in [3.8, 4) is 0 Å². The molecule has 78 valence electrons. The van der Waals surface area contributed by atoms with Crippen molar-refractivity contribution in [3.05, 3.63) is 60.2 Å². The highest BCUT2D eigenvalue weighted by Gasteiger charge is 2.17. The average Bonchev–Trinajstić information content (AvgIpc) is 2.27. The van der Waals surface area contributed by atoms with Gasteiger partial charge in [0.15, 0.2) is 0 Å². The smallest absolute Gasteiger partial charge is 0.00252 e. The maximum absolute atomic E-state index is 4.16. The standard InChI is InChI=1S/C16H14/c1-10-7-8-15-12(3)9-11(2)14-6-4-5-13(10)16(14)15/h4-8H,2-3,9H2,1H3. The normalized spacial score (nSPS) is 14.6. The minimum absolute atomic E-state index is 0.898. The lowest BCUT2D eigenvalue weighted by Gasteiger charge is -2.22. The van der Waals surface area contributed by atoms with Crippen LogP contribution in [0.1, 0.15) is 23.1 Å². The van der Waals surface area contributed by atoms with E-state index in [0.717, 1.165) is 6.42 Å². The Morgan fingerprint density at radius 2 is 1.62 bits per heavy atom. The van der Waals surface area contributed by atoms with Gasteiger partial charge >= 0.3 is 0 Å². The highest BCUT2D eigenvalue weighted by molar-refractivity contribution is 6.07. The topological polar surface area (TPSA) is 0 Å². The van der Waals surface area contributed by atoms with Crippen molar-refractivity contribution in [2.45, 2.75) is 13.3 Å². The molecule has 3 rings (SSSR count). The molecule has 16 heavy (non-hydrogen) atoms. The van der Waals surface area contributed by atoms with Gasteiger partial charge in [-0.15, -0.1) is 0 Å². The van der Waals surface area contributed by atoms with Gasteiger partial charge in [-0.3, -0.25) is 0 Å². The van der Waals surface area contributed by atoms with Gasteiger partial charge in [-0.2, -0.15) is 0 Å². The number of aryl methyl sites for hydroxylation is 1. The van der Waals surface area contributed by atoms with Crippen LogP contribution >= 0.6 is 0 Å². The molecule has 0 fully saturated rings. The second kappa shape index (κ2) is 3.08. The van der Waals surface area contributed by atoms with Gasteiger partial charge in [-0.1, -0.05) is 43.5 Å². The predicted octanol–water partition coefficient (Wildman–Crippen LogP) is 4.58. The van der Waals surface area contributed by atoms with Crippen molar-refractivity contribution in [1.82, 2.24) is 0 Å². The van der Waals surface area contributed by atoms with Crippen LogP contribution < -0.4 is 0 Å². The summed E-state index contributed by atoms with van der Waals surface area (Å²) in [6.07, 6.45) is 0.898. The molecule has 0 unspecified atom stereocenters. The van der Waals surface area contributed by atoms with E-state index in [9.17, 15) is 0 Å². The molecule has 0 aliphatic heterocycles. The fourth-order valence-corrected chi connectivity index (χ4v) is 2.59. The summed E-state index contributed by atoms with van der Waals surface area (Å²) in [5.41, 5.74) is 6.29. The molecule has 2 aromatic rings. The summed E-state index contributed by atoms with van der Waals surface area (Å²) in [7, 11) is 0. The maximum Gasteiger partial charge on any atom is -0.00252 e. The van der Waals surface area contributed by atoms with E-state index in [1.165, 1.54) is 38.6 Å². The lowest BCUT2D eigenvalue weighted by atomic mass is 9.82. The van der Waals surface area contributed by atoms with Crippen molar-refractivity contribution < 1.29 is 0 Å². The molecule has 1 aliphatic carbocycles. The lowest BCUT2D eigenvalue weighted by Crippen LogP contribution is -1.99. The molecule has 0 radical (unpaired) electrons. The van der Waals surface area contributed by atoms with Gasteiger partial charge in [0.05, 0.1) is 0 Å². The molecule has 2 aromatic carbocycles. The lowest BCUT2D eigenvalue weighted by molar-refractivity contribution is 1.38. The molecule has 0 nitrogen and oxygen atoms in total. The van der Waals surface area contributed by atoms with Gasteiger partial charge in [0, 0.05) is 0 Å². The van der Waals surface area contributed by atoms with Crippen LogP contribution in [-0.2, 0) is 0 Å². The maximum atomic E-state index is 4.16. The van der Waals surface area contributed by atoms with Crippen molar-refractivity contribution in [3.63, 3.8) is 0 Å². The van der Waals surface area contributed by atoms with Gasteiger partial charge in [-0.25, -0.2) is 0 Å². The van der Waals surface area contributed by atoms with Crippen LogP contribution in [0.3, 0.4) is 0 Å². The van der Waals surface area contributed by atoms with Gasteiger partial charge in [0.25, 0.3) is 0 Å². The minimum atomic E-state index is 0.898. The van der Waals surface area contributed by atoms with Crippen LogP contribution in [0.2, 0.25) is 0 Å². The molecule has 0 amide bonds. The summed E-state index contributed by atoms with van der Waals surface area (Å²) < 4.78 is 0. The summed E-state index contributed by atoms with van der Waals surface area (Å²) in [5.74, 6) is 0. The summed E-state index contributed by atoms with van der Waals surface area (Å²) in [5, 5.41) is 2.67. The summed E-state index contributed by atoms with van der Waals surface area (Å²) >= 11 is 0. The van der Waals surface area contributed by atoms with Crippen LogP contribution in [0.15, 0.2) is 43.5 Å². The Balaban J connectivity index is 2.57. The highest BCUT2D eigenvalue weighted by atomic mass is 14.2. The third-order valence-electron chi connectivity index (χ3n) is 3.45. The van der Waals surface area contributed by atoms with E-state index in [0.29, 0.717) is 0 Å². The summed E-state index contributed by atoms with van der Waals surface area (Å²) in [6, 6.07) is 10.8. The molecule has 0 saturated carbocycles. The monoisotopic (exact) mass is 206 g/mol. The van der Waals surface area contributed by atoms with Crippen molar-refractivity contribution in [1.29, 1.82) is 0 Å². The first-order chi connectivity index (χ1) is 7.68. The van der Waals surface area contributed by atoms with Gasteiger partial charge in [0.1, 0.15) is 0 Å². The SMILES string of the molecule is C=C1CC(=C)c2ccc(C)c3cccc1c23. The van der Waals surface area contributed by atoms with Crippen molar-refractivity contribution in [2.24, 2.45) is 0 Å². The van der Waals surface area contributed by atoms with E-state index in [4.69, 9.17) is 0 Å². The number of hydrogen-bond acceptors (Lipinski definition) is 0. The van der Waals surface area contributed by atoms with Gasteiger partial charge < -0.3 is 0 Å². The van der Waals surface area contributed by atoms with E-state index in [2.05, 4.69) is 50.4 Å². The second-order valence-electron chi connectivity index (χ2n) is 4.54. The average molecular weight is 206 g/mol. The van der Waals surface area contributed by atoms with E-state index < -0.39 is 0 Å². The first-order valence-corrected chi connectivity index (χ1v) is 5.57. The van der Waals surface area contributed by atoms with E-state index >= 15 is 0 Å². The Hall–Kier alpha value is -1.82. The van der Waals surface area contributed by atoms with Crippen LogP contribution in [-0.4, -0.2) is 0 Å². The van der Waals surface area contributed by atoms with Crippen LogP contribution in [0.25, 0.3) is 21.9 Å². The zero-order chi connectivity index (χ0) is 11.3. The van der Waals surface area contributed by atoms with Crippen LogP contribution in [0.4, 0.5) is 0 Å². The summed E-state index contributed by atoms with van der Waals surface area (Å²) in [4.78, 5) is 0. The van der Waals surface area contributed by atoms with E-state index in [1.807, 2.05) is 0 Å². The number of allylic oxidation sites excluding steroid dienone is 2. The summed E-state index contributed by atoms with van der Waals surface area (Å²) in [6.45, 7) is 10.5. The molecular weight excluding hydrogens is 192 g/mol.